The Balaban J connectivity index is 3.27. The first kappa shape index (κ1) is 20.0. The molecule has 0 saturated carbocycles. The van der Waals surface area contributed by atoms with E-state index in [9.17, 15) is 44.3 Å². The SMILES string of the molecule is C/C(=C\c1ccccc1)C(=O)C(F)(F)C(F)(F)C(F)(F)C(F)(F)F. The molecule has 0 amide bonds. The Kier molecular flexibility index (Phi) is 5.12. The summed E-state index contributed by atoms with van der Waals surface area (Å²) in [5.74, 6) is -23.1. The Morgan fingerprint density at radius 3 is 1.71 bits per heavy atom. The molecule has 0 aromatic heterocycles. The van der Waals surface area contributed by atoms with Crippen molar-refractivity contribution >= 4 is 11.9 Å². The Bertz CT molecular complexity index is 629. The van der Waals surface area contributed by atoms with Crippen LogP contribution in [-0.2, 0) is 4.79 Å². The summed E-state index contributed by atoms with van der Waals surface area (Å²) in [7, 11) is 0. The number of ketones is 1. The van der Waals surface area contributed by atoms with Gasteiger partial charge in [-0.3, -0.25) is 4.79 Å². The zero-order chi connectivity index (χ0) is 19.0. The summed E-state index contributed by atoms with van der Waals surface area (Å²) >= 11 is 0. The molecule has 0 bridgehead atoms. The van der Waals surface area contributed by atoms with E-state index in [1.807, 2.05) is 0 Å². The lowest BCUT2D eigenvalue weighted by atomic mass is 9.95. The minimum Gasteiger partial charge on any atom is -0.287 e. The molecule has 0 radical (unpaired) electrons. The van der Waals surface area contributed by atoms with Crippen molar-refractivity contribution in [2.45, 2.75) is 30.9 Å². The molecule has 1 rings (SSSR count). The molecule has 0 fully saturated rings. The number of alkyl halides is 9. The summed E-state index contributed by atoms with van der Waals surface area (Å²) in [6.07, 6.45) is -6.30. The number of Topliss-reactive ketones (excluding diaryl/α,β-unsaturated/α-hetero) is 1. The van der Waals surface area contributed by atoms with Gasteiger partial charge >= 0.3 is 23.9 Å². The first-order chi connectivity index (χ1) is 10.7. The topological polar surface area (TPSA) is 17.1 Å². The van der Waals surface area contributed by atoms with Crippen molar-refractivity contribution in [3.63, 3.8) is 0 Å². The van der Waals surface area contributed by atoms with Gasteiger partial charge in [0.1, 0.15) is 0 Å². The second kappa shape index (κ2) is 6.14. The normalized spacial score (nSPS) is 14.7. The molecule has 1 aromatic rings. The lowest BCUT2D eigenvalue weighted by Crippen LogP contribution is -2.63. The van der Waals surface area contributed by atoms with Crippen LogP contribution in [0.4, 0.5) is 39.5 Å². The van der Waals surface area contributed by atoms with Crippen LogP contribution in [0.1, 0.15) is 12.5 Å². The van der Waals surface area contributed by atoms with Gasteiger partial charge in [-0.25, -0.2) is 0 Å². The highest BCUT2D eigenvalue weighted by Gasteiger charge is 2.83. The van der Waals surface area contributed by atoms with E-state index in [1.165, 1.54) is 30.3 Å². The van der Waals surface area contributed by atoms with Crippen LogP contribution < -0.4 is 0 Å². The first-order valence-corrected chi connectivity index (χ1v) is 6.14. The summed E-state index contributed by atoms with van der Waals surface area (Å²) in [5.41, 5.74) is -1.02. The molecule has 0 saturated heterocycles. The second-order valence-corrected chi connectivity index (χ2v) is 4.79. The van der Waals surface area contributed by atoms with Gasteiger partial charge in [-0.1, -0.05) is 30.3 Å². The molecular weight excluding hydrogens is 355 g/mol. The highest BCUT2D eigenvalue weighted by molar-refractivity contribution is 6.04. The summed E-state index contributed by atoms with van der Waals surface area (Å²) in [4.78, 5) is 11.4. The van der Waals surface area contributed by atoms with E-state index in [2.05, 4.69) is 0 Å². The van der Waals surface area contributed by atoms with Crippen LogP contribution in [0.5, 0.6) is 0 Å². The van der Waals surface area contributed by atoms with Crippen molar-refractivity contribution in [1.82, 2.24) is 0 Å². The number of halogens is 9. The highest BCUT2D eigenvalue weighted by atomic mass is 19.4. The zero-order valence-electron chi connectivity index (χ0n) is 11.8. The largest absolute Gasteiger partial charge is 0.460 e. The van der Waals surface area contributed by atoms with E-state index in [-0.39, 0.29) is 5.56 Å². The third-order valence-electron chi connectivity index (χ3n) is 2.97. The number of benzene rings is 1. The maximum Gasteiger partial charge on any atom is 0.460 e. The van der Waals surface area contributed by atoms with Crippen LogP contribution in [0.25, 0.3) is 6.08 Å². The van der Waals surface area contributed by atoms with E-state index >= 15 is 0 Å². The van der Waals surface area contributed by atoms with Crippen LogP contribution in [0.15, 0.2) is 35.9 Å². The van der Waals surface area contributed by atoms with E-state index in [0.717, 1.165) is 0 Å². The lowest BCUT2D eigenvalue weighted by Gasteiger charge is -2.32. The maximum absolute atomic E-state index is 13.5. The fourth-order valence-electron chi connectivity index (χ4n) is 1.63. The molecule has 0 atom stereocenters. The molecule has 0 N–H and O–H groups in total. The van der Waals surface area contributed by atoms with Crippen molar-refractivity contribution in [1.29, 1.82) is 0 Å². The predicted molar refractivity (Wildman–Crippen MR) is 66.0 cm³/mol. The third-order valence-corrected chi connectivity index (χ3v) is 2.97. The quantitative estimate of drug-likeness (QED) is 0.523. The van der Waals surface area contributed by atoms with Crippen LogP contribution in [0.2, 0.25) is 0 Å². The molecule has 0 aliphatic heterocycles. The van der Waals surface area contributed by atoms with Crippen LogP contribution in [-0.4, -0.2) is 29.7 Å². The Hall–Kier alpha value is -2.00. The first-order valence-electron chi connectivity index (χ1n) is 6.14. The van der Waals surface area contributed by atoms with Crippen molar-refractivity contribution in [2.24, 2.45) is 0 Å². The van der Waals surface area contributed by atoms with E-state index in [4.69, 9.17) is 0 Å². The molecule has 1 aromatic carbocycles. The average molecular weight is 364 g/mol. The van der Waals surface area contributed by atoms with Gasteiger partial charge in [0, 0.05) is 0 Å². The Morgan fingerprint density at radius 1 is 0.833 bits per heavy atom. The standard InChI is InChI=1S/C14H9F9O/c1-8(7-9-5-3-2-4-6-9)10(24)11(15,16)12(17,18)13(19,20)14(21,22)23/h2-7H,1H3/b8-7+. The average Bonchev–Trinajstić information content (AvgIpc) is 2.45. The number of rotatable bonds is 5. The monoisotopic (exact) mass is 364 g/mol. The summed E-state index contributed by atoms with van der Waals surface area (Å²) in [6.45, 7) is 0.602. The number of hydrogen-bond donors (Lipinski definition) is 0. The van der Waals surface area contributed by atoms with Gasteiger partial charge in [-0.05, 0) is 24.1 Å². The number of hydrogen-bond acceptors (Lipinski definition) is 1. The van der Waals surface area contributed by atoms with E-state index in [0.29, 0.717) is 13.0 Å². The summed E-state index contributed by atoms with van der Waals surface area (Å²) < 4.78 is 115. The van der Waals surface area contributed by atoms with E-state index in [1.54, 1.807) is 0 Å². The molecule has 0 unspecified atom stereocenters. The van der Waals surface area contributed by atoms with Crippen molar-refractivity contribution in [3.8, 4) is 0 Å². The molecule has 0 heterocycles. The summed E-state index contributed by atoms with van der Waals surface area (Å²) in [5, 5.41) is 0. The number of carbonyl (C=O) groups is 1. The third kappa shape index (κ3) is 3.27. The minimum absolute atomic E-state index is 0.0880. The second-order valence-electron chi connectivity index (χ2n) is 4.79. The molecular formula is C14H9F9O. The van der Waals surface area contributed by atoms with Crippen LogP contribution >= 0.6 is 0 Å². The smallest absolute Gasteiger partial charge is 0.287 e. The fourth-order valence-corrected chi connectivity index (χ4v) is 1.63. The Labute approximate surface area is 129 Å². The lowest BCUT2D eigenvalue weighted by molar-refractivity contribution is -0.387. The van der Waals surface area contributed by atoms with Gasteiger partial charge in [0.2, 0.25) is 5.78 Å². The highest BCUT2D eigenvalue weighted by Crippen LogP contribution is 2.53. The minimum atomic E-state index is -7.09. The molecule has 0 aliphatic carbocycles. The van der Waals surface area contributed by atoms with Crippen LogP contribution in [0.3, 0.4) is 0 Å². The van der Waals surface area contributed by atoms with Gasteiger partial charge in [0.15, 0.2) is 0 Å². The molecule has 24 heavy (non-hydrogen) atoms. The maximum atomic E-state index is 13.5. The summed E-state index contributed by atoms with van der Waals surface area (Å²) in [6, 6.07) is 6.85. The van der Waals surface area contributed by atoms with Gasteiger partial charge < -0.3 is 0 Å². The molecule has 1 nitrogen and oxygen atoms in total. The van der Waals surface area contributed by atoms with Crippen molar-refractivity contribution in [3.05, 3.63) is 41.5 Å². The number of carbonyl (C=O) groups excluding carboxylic acids is 1. The van der Waals surface area contributed by atoms with Gasteiger partial charge in [-0.2, -0.15) is 39.5 Å². The van der Waals surface area contributed by atoms with Gasteiger partial charge in [-0.15, -0.1) is 0 Å². The predicted octanol–water partition coefficient (Wildman–Crippen LogP) is 5.13. The molecule has 134 valence electrons. The zero-order valence-corrected chi connectivity index (χ0v) is 11.8. The van der Waals surface area contributed by atoms with Crippen molar-refractivity contribution in [2.75, 3.05) is 0 Å². The van der Waals surface area contributed by atoms with Crippen molar-refractivity contribution < 1.29 is 44.3 Å². The molecule has 0 spiro atoms. The van der Waals surface area contributed by atoms with Crippen LogP contribution in [0, 0.1) is 0 Å². The Morgan fingerprint density at radius 2 is 1.29 bits per heavy atom. The number of allylic oxidation sites excluding steroid dienone is 1. The van der Waals surface area contributed by atoms with Gasteiger partial charge in [0.25, 0.3) is 0 Å². The van der Waals surface area contributed by atoms with Gasteiger partial charge in [0.05, 0.1) is 0 Å². The van der Waals surface area contributed by atoms with E-state index < -0.39 is 35.3 Å². The molecule has 10 heteroatoms. The molecule has 0 aliphatic rings. The fraction of sp³-hybridized carbons (Fsp3) is 0.357.